The first-order valence-corrected chi connectivity index (χ1v) is 11.1. The molecule has 5 fully saturated rings. The average molecular weight is 341 g/mol. The highest BCUT2D eigenvalue weighted by Gasteiger charge is 2.77. The van der Waals surface area contributed by atoms with Gasteiger partial charge in [0.25, 0.3) is 0 Å². The number of fused-ring (bicyclic) bond motifs is 9. The molecule has 0 aromatic carbocycles. The number of ketones is 1. The Morgan fingerprint density at radius 2 is 2.04 bits per heavy atom. The second kappa shape index (κ2) is 5.00. The molecular formula is C23H32O2. The predicted octanol–water partition coefficient (Wildman–Crippen LogP) is 4.92. The summed E-state index contributed by atoms with van der Waals surface area (Å²) < 4.78 is 6.66. The zero-order valence-corrected chi connectivity index (χ0v) is 15.6. The summed E-state index contributed by atoms with van der Waals surface area (Å²) >= 11 is 0. The fourth-order valence-electron chi connectivity index (χ4n) is 9.12. The third kappa shape index (κ3) is 1.74. The molecule has 0 aromatic heterocycles. The standard InChI is InChI=1S/C23H32O2/c1-2-22-10-8-17-16-7-5-15(24)12-14(16)4-6-18(17)21(22)19-13-20(19)23(22)9-3-11-25-23/h12,16-21H,2-11,13H2,1H3/t16-,17?,18?,19?,20?,21?,22-,23-/m0/s1. The number of hydrogen-bond donors (Lipinski definition) is 0. The van der Waals surface area contributed by atoms with Gasteiger partial charge in [0.15, 0.2) is 5.78 Å². The van der Waals surface area contributed by atoms with Gasteiger partial charge in [0.2, 0.25) is 0 Å². The van der Waals surface area contributed by atoms with Crippen LogP contribution in [0.25, 0.3) is 0 Å². The average Bonchev–Trinajstić information content (AvgIpc) is 3.20. The summed E-state index contributed by atoms with van der Waals surface area (Å²) in [6, 6.07) is 0. The topological polar surface area (TPSA) is 26.3 Å². The Labute approximate surface area is 151 Å². The number of rotatable bonds is 1. The van der Waals surface area contributed by atoms with Gasteiger partial charge in [-0.3, -0.25) is 4.79 Å². The molecule has 5 aliphatic carbocycles. The molecule has 1 heterocycles. The lowest BCUT2D eigenvalue weighted by atomic mass is 9.47. The van der Waals surface area contributed by atoms with Gasteiger partial charge in [-0.25, -0.2) is 0 Å². The fraction of sp³-hybridized carbons (Fsp3) is 0.870. The maximum atomic E-state index is 11.9. The molecule has 6 aliphatic rings. The summed E-state index contributed by atoms with van der Waals surface area (Å²) in [5, 5.41) is 0. The van der Waals surface area contributed by atoms with Crippen molar-refractivity contribution in [3.05, 3.63) is 11.6 Å². The highest BCUT2D eigenvalue weighted by molar-refractivity contribution is 5.91. The Hall–Kier alpha value is -0.630. The molecule has 2 heteroatoms. The molecule has 0 bridgehead atoms. The van der Waals surface area contributed by atoms with E-state index < -0.39 is 0 Å². The van der Waals surface area contributed by atoms with Crippen LogP contribution in [0.5, 0.6) is 0 Å². The van der Waals surface area contributed by atoms with Crippen LogP contribution < -0.4 is 0 Å². The summed E-state index contributed by atoms with van der Waals surface area (Å²) in [7, 11) is 0. The maximum Gasteiger partial charge on any atom is 0.155 e. The third-order valence-corrected chi connectivity index (χ3v) is 9.81. The Kier molecular flexibility index (Phi) is 3.09. The molecule has 0 radical (unpaired) electrons. The van der Waals surface area contributed by atoms with Crippen LogP contribution in [0.2, 0.25) is 0 Å². The summed E-state index contributed by atoms with van der Waals surface area (Å²) in [6.07, 6.45) is 14.8. The van der Waals surface area contributed by atoms with E-state index in [-0.39, 0.29) is 5.60 Å². The summed E-state index contributed by atoms with van der Waals surface area (Å²) in [5.74, 6) is 5.72. The molecule has 6 rings (SSSR count). The third-order valence-electron chi connectivity index (χ3n) is 9.81. The molecule has 0 amide bonds. The maximum absolute atomic E-state index is 11.9. The van der Waals surface area contributed by atoms with Crippen LogP contribution in [0.1, 0.15) is 71.1 Å². The molecular weight excluding hydrogens is 308 g/mol. The Morgan fingerprint density at radius 3 is 2.84 bits per heavy atom. The minimum atomic E-state index is 0.265. The van der Waals surface area contributed by atoms with Crippen LogP contribution in [-0.2, 0) is 9.53 Å². The van der Waals surface area contributed by atoms with Crippen molar-refractivity contribution < 1.29 is 9.53 Å². The van der Waals surface area contributed by atoms with Gasteiger partial charge in [-0.05, 0) is 99.4 Å². The second-order valence-electron chi connectivity index (χ2n) is 10.1. The van der Waals surface area contributed by atoms with E-state index in [0.29, 0.717) is 11.2 Å². The van der Waals surface area contributed by atoms with Gasteiger partial charge < -0.3 is 4.74 Å². The molecule has 1 saturated heterocycles. The SMILES string of the molecule is CC[C@]12CCC3C(CCC4=CC(=O)CC[C@@H]43)C1C1CC1[C@@]21CCCO1. The van der Waals surface area contributed by atoms with Gasteiger partial charge in [-0.2, -0.15) is 0 Å². The molecule has 4 saturated carbocycles. The first kappa shape index (κ1) is 15.4. The molecule has 0 aromatic rings. The van der Waals surface area contributed by atoms with Crippen molar-refractivity contribution in [2.75, 3.05) is 6.61 Å². The van der Waals surface area contributed by atoms with E-state index in [0.717, 1.165) is 55.0 Å². The number of carbonyl (C=O) groups is 1. The van der Waals surface area contributed by atoms with Crippen molar-refractivity contribution >= 4 is 5.78 Å². The fourth-order valence-corrected chi connectivity index (χ4v) is 9.12. The van der Waals surface area contributed by atoms with Gasteiger partial charge in [-0.15, -0.1) is 0 Å². The first-order valence-electron chi connectivity index (χ1n) is 11.1. The van der Waals surface area contributed by atoms with E-state index in [1.165, 1.54) is 56.9 Å². The van der Waals surface area contributed by atoms with E-state index in [1.807, 2.05) is 6.08 Å². The number of carbonyl (C=O) groups excluding carboxylic acids is 1. The van der Waals surface area contributed by atoms with Crippen LogP contribution in [0.15, 0.2) is 11.6 Å². The number of allylic oxidation sites excluding steroid dienone is 1. The summed E-state index contributed by atoms with van der Waals surface area (Å²) in [5.41, 5.74) is 2.28. The van der Waals surface area contributed by atoms with Crippen molar-refractivity contribution in [1.29, 1.82) is 0 Å². The van der Waals surface area contributed by atoms with Crippen molar-refractivity contribution in [2.45, 2.75) is 76.7 Å². The van der Waals surface area contributed by atoms with Gasteiger partial charge in [-0.1, -0.05) is 12.5 Å². The van der Waals surface area contributed by atoms with Gasteiger partial charge in [0, 0.05) is 18.4 Å². The molecule has 8 atom stereocenters. The monoisotopic (exact) mass is 340 g/mol. The molecule has 0 N–H and O–H groups in total. The number of hydrogen-bond acceptors (Lipinski definition) is 2. The van der Waals surface area contributed by atoms with Crippen LogP contribution >= 0.6 is 0 Å². The highest BCUT2D eigenvalue weighted by Crippen LogP contribution is 2.79. The van der Waals surface area contributed by atoms with E-state index in [9.17, 15) is 4.79 Å². The van der Waals surface area contributed by atoms with Gasteiger partial charge >= 0.3 is 0 Å². The van der Waals surface area contributed by atoms with Crippen LogP contribution in [-0.4, -0.2) is 18.0 Å². The predicted molar refractivity (Wildman–Crippen MR) is 97.0 cm³/mol. The van der Waals surface area contributed by atoms with Crippen LogP contribution in [0.3, 0.4) is 0 Å². The molecule has 1 spiro atoms. The zero-order chi connectivity index (χ0) is 16.8. The van der Waals surface area contributed by atoms with Gasteiger partial charge in [0.1, 0.15) is 0 Å². The van der Waals surface area contributed by atoms with E-state index in [2.05, 4.69) is 6.92 Å². The highest BCUT2D eigenvalue weighted by atomic mass is 16.5. The molecule has 5 unspecified atom stereocenters. The van der Waals surface area contributed by atoms with Crippen molar-refractivity contribution in [3.8, 4) is 0 Å². The minimum absolute atomic E-state index is 0.265. The summed E-state index contributed by atoms with van der Waals surface area (Å²) in [4.78, 5) is 11.9. The molecule has 25 heavy (non-hydrogen) atoms. The zero-order valence-electron chi connectivity index (χ0n) is 15.6. The second-order valence-corrected chi connectivity index (χ2v) is 10.1. The van der Waals surface area contributed by atoms with E-state index in [1.54, 1.807) is 0 Å². The normalized spacial score (nSPS) is 56.0. The van der Waals surface area contributed by atoms with Crippen molar-refractivity contribution in [2.24, 2.45) is 40.9 Å². The van der Waals surface area contributed by atoms with Crippen molar-refractivity contribution in [3.63, 3.8) is 0 Å². The number of ether oxygens (including phenoxy) is 1. The Morgan fingerprint density at radius 1 is 1.12 bits per heavy atom. The minimum Gasteiger partial charge on any atom is -0.374 e. The molecule has 136 valence electrons. The lowest BCUT2D eigenvalue weighted by Crippen LogP contribution is -2.56. The van der Waals surface area contributed by atoms with Gasteiger partial charge in [0.05, 0.1) is 5.60 Å². The quantitative estimate of drug-likeness (QED) is 0.677. The first-order chi connectivity index (χ1) is 12.2. The Bertz CT molecular complexity index is 642. The molecule has 1 aliphatic heterocycles. The summed E-state index contributed by atoms with van der Waals surface area (Å²) in [6.45, 7) is 3.48. The largest absolute Gasteiger partial charge is 0.374 e. The molecule has 2 nitrogen and oxygen atoms in total. The van der Waals surface area contributed by atoms with E-state index >= 15 is 0 Å². The Balaban J connectivity index is 1.39. The smallest absolute Gasteiger partial charge is 0.155 e. The van der Waals surface area contributed by atoms with Crippen molar-refractivity contribution in [1.82, 2.24) is 0 Å². The van der Waals surface area contributed by atoms with E-state index in [4.69, 9.17) is 4.74 Å². The lowest BCUT2D eigenvalue weighted by Gasteiger charge is -2.58. The lowest BCUT2D eigenvalue weighted by molar-refractivity contribution is -0.158. The van der Waals surface area contributed by atoms with Crippen LogP contribution in [0, 0.1) is 40.9 Å². The van der Waals surface area contributed by atoms with Crippen LogP contribution in [0.4, 0.5) is 0 Å².